The summed E-state index contributed by atoms with van der Waals surface area (Å²) in [5.41, 5.74) is 1.14. The molecule has 0 saturated heterocycles. The highest BCUT2D eigenvalue weighted by atomic mass is 32.2. The van der Waals surface area contributed by atoms with Crippen molar-refractivity contribution in [3.05, 3.63) is 35.9 Å². The van der Waals surface area contributed by atoms with Crippen molar-refractivity contribution in [3.63, 3.8) is 0 Å². The zero-order valence-electron chi connectivity index (χ0n) is 10.4. The first-order chi connectivity index (χ1) is 8.59. The van der Waals surface area contributed by atoms with E-state index in [0.29, 0.717) is 6.61 Å². The van der Waals surface area contributed by atoms with Gasteiger partial charge in [0.2, 0.25) is 0 Å². The van der Waals surface area contributed by atoms with Crippen molar-refractivity contribution >= 4 is 10.1 Å². The highest BCUT2D eigenvalue weighted by Crippen LogP contribution is 2.32. The van der Waals surface area contributed by atoms with E-state index in [-0.39, 0.29) is 17.8 Å². The van der Waals surface area contributed by atoms with Gasteiger partial charge < -0.3 is 4.74 Å². The van der Waals surface area contributed by atoms with Crippen molar-refractivity contribution in [2.45, 2.75) is 25.6 Å². The van der Waals surface area contributed by atoms with Gasteiger partial charge in [-0.05, 0) is 24.3 Å². The SMILES string of the molecule is COS(=O)(=O)CC1CC(OCc2ccccc2)C1. The van der Waals surface area contributed by atoms with E-state index in [9.17, 15) is 8.42 Å². The van der Waals surface area contributed by atoms with Crippen LogP contribution in [0.2, 0.25) is 0 Å². The van der Waals surface area contributed by atoms with Gasteiger partial charge in [0.25, 0.3) is 10.1 Å². The van der Waals surface area contributed by atoms with Crippen LogP contribution in [0.4, 0.5) is 0 Å². The topological polar surface area (TPSA) is 52.6 Å². The van der Waals surface area contributed by atoms with Crippen LogP contribution in [0.5, 0.6) is 0 Å². The lowest BCUT2D eigenvalue weighted by molar-refractivity contribution is -0.0346. The predicted octanol–water partition coefficient (Wildman–Crippen LogP) is 1.96. The van der Waals surface area contributed by atoms with Crippen LogP contribution in [0.1, 0.15) is 18.4 Å². The Morgan fingerprint density at radius 2 is 1.89 bits per heavy atom. The molecular formula is C13H18O4S. The van der Waals surface area contributed by atoms with Gasteiger partial charge >= 0.3 is 0 Å². The molecule has 0 amide bonds. The molecule has 0 aromatic heterocycles. The summed E-state index contributed by atoms with van der Waals surface area (Å²) in [6.07, 6.45) is 1.78. The van der Waals surface area contributed by atoms with Crippen LogP contribution in [0.3, 0.4) is 0 Å². The van der Waals surface area contributed by atoms with E-state index in [1.807, 2.05) is 30.3 Å². The molecule has 1 aromatic carbocycles. The van der Waals surface area contributed by atoms with Gasteiger partial charge in [-0.3, -0.25) is 4.18 Å². The Bertz CT molecular complexity index is 463. The molecule has 0 radical (unpaired) electrons. The monoisotopic (exact) mass is 270 g/mol. The number of rotatable bonds is 6. The fourth-order valence-corrected chi connectivity index (χ4v) is 3.08. The Balaban J connectivity index is 1.68. The zero-order valence-corrected chi connectivity index (χ0v) is 11.2. The van der Waals surface area contributed by atoms with E-state index in [0.717, 1.165) is 18.4 Å². The largest absolute Gasteiger partial charge is 0.374 e. The van der Waals surface area contributed by atoms with Gasteiger partial charge in [-0.15, -0.1) is 0 Å². The zero-order chi connectivity index (χ0) is 13.0. The molecule has 0 atom stereocenters. The summed E-state index contributed by atoms with van der Waals surface area (Å²) < 4.78 is 32.6. The lowest BCUT2D eigenvalue weighted by Gasteiger charge is -2.34. The van der Waals surface area contributed by atoms with Crippen LogP contribution < -0.4 is 0 Å². The summed E-state index contributed by atoms with van der Waals surface area (Å²) >= 11 is 0. The Kier molecular flexibility index (Phi) is 4.37. The maximum atomic E-state index is 11.2. The first-order valence-electron chi connectivity index (χ1n) is 6.03. The Morgan fingerprint density at radius 1 is 1.22 bits per heavy atom. The molecule has 2 rings (SSSR count). The maximum absolute atomic E-state index is 11.2. The molecule has 100 valence electrons. The average Bonchev–Trinajstić information content (AvgIpc) is 2.33. The molecule has 0 bridgehead atoms. The minimum atomic E-state index is -3.33. The molecule has 0 heterocycles. The maximum Gasteiger partial charge on any atom is 0.267 e. The number of ether oxygens (including phenoxy) is 1. The third kappa shape index (κ3) is 3.80. The molecule has 1 fully saturated rings. The minimum absolute atomic E-state index is 0.106. The predicted molar refractivity (Wildman–Crippen MR) is 68.5 cm³/mol. The molecule has 0 spiro atoms. The molecule has 1 aliphatic carbocycles. The fraction of sp³-hybridized carbons (Fsp3) is 0.538. The van der Waals surface area contributed by atoms with Crippen molar-refractivity contribution in [3.8, 4) is 0 Å². The number of benzene rings is 1. The third-order valence-electron chi connectivity index (χ3n) is 3.21. The summed E-state index contributed by atoms with van der Waals surface area (Å²) in [6.45, 7) is 0.593. The normalized spacial score (nSPS) is 23.6. The molecule has 1 aromatic rings. The second kappa shape index (κ2) is 5.82. The summed E-state index contributed by atoms with van der Waals surface area (Å²) in [5.74, 6) is 0.282. The molecular weight excluding hydrogens is 252 g/mol. The van der Waals surface area contributed by atoms with Crippen LogP contribution in [-0.2, 0) is 25.6 Å². The van der Waals surface area contributed by atoms with Crippen molar-refractivity contribution in [1.82, 2.24) is 0 Å². The van der Waals surface area contributed by atoms with Gasteiger partial charge in [0.1, 0.15) is 0 Å². The molecule has 4 nitrogen and oxygen atoms in total. The summed E-state index contributed by atoms with van der Waals surface area (Å²) in [7, 11) is -2.12. The summed E-state index contributed by atoms with van der Waals surface area (Å²) in [4.78, 5) is 0. The lowest BCUT2D eigenvalue weighted by Crippen LogP contribution is -2.35. The first-order valence-corrected chi connectivity index (χ1v) is 7.60. The van der Waals surface area contributed by atoms with E-state index in [1.54, 1.807) is 0 Å². The third-order valence-corrected chi connectivity index (χ3v) is 4.60. The second-order valence-corrected chi connectivity index (χ2v) is 6.43. The molecule has 0 aliphatic heterocycles. The Labute approximate surface area is 108 Å². The molecule has 1 saturated carbocycles. The van der Waals surface area contributed by atoms with Gasteiger partial charge in [-0.25, -0.2) is 0 Å². The lowest BCUT2D eigenvalue weighted by atomic mass is 9.84. The van der Waals surface area contributed by atoms with Crippen LogP contribution >= 0.6 is 0 Å². The second-order valence-electron chi connectivity index (χ2n) is 4.65. The van der Waals surface area contributed by atoms with Crippen LogP contribution in [-0.4, -0.2) is 27.4 Å². The smallest absolute Gasteiger partial charge is 0.267 e. The fourth-order valence-electron chi connectivity index (χ4n) is 2.09. The highest BCUT2D eigenvalue weighted by Gasteiger charge is 2.33. The Morgan fingerprint density at radius 3 is 2.50 bits per heavy atom. The highest BCUT2D eigenvalue weighted by molar-refractivity contribution is 7.86. The number of hydrogen-bond acceptors (Lipinski definition) is 4. The van der Waals surface area contributed by atoms with Crippen LogP contribution in [0.25, 0.3) is 0 Å². The molecule has 5 heteroatoms. The van der Waals surface area contributed by atoms with Crippen molar-refractivity contribution in [2.24, 2.45) is 5.92 Å². The van der Waals surface area contributed by atoms with Gasteiger partial charge in [0.05, 0.1) is 25.6 Å². The van der Waals surface area contributed by atoms with Gasteiger partial charge in [-0.2, -0.15) is 8.42 Å². The van der Waals surface area contributed by atoms with Crippen LogP contribution in [0.15, 0.2) is 30.3 Å². The van der Waals surface area contributed by atoms with E-state index in [1.165, 1.54) is 7.11 Å². The summed E-state index contributed by atoms with van der Waals surface area (Å²) in [6, 6.07) is 9.97. The van der Waals surface area contributed by atoms with Gasteiger partial charge in [0, 0.05) is 0 Å². The minimum Gasteiger partial charge on any atom is -0.374 e. The molecule has 1 aliphatic rings. The molecule has 0 N–H and O–H groups in total. The first kappa shape index (κ1) is 13.5. The number of hydrogen-bond donors (Lipinski definition) is 0. The van der Waals surface area contributed by atoms with Crippen molar-refractivity contribution in [1.29, 1.82) is 0 Å². The molecule has 0 unspecified atom stereocenters. The van der Waals surface area contributed by atoms with Crippen LogP contribution in [0, 0.1) is 5.92 Å². The van der Waals surface area contributed by atoms with E-state index in [4.69, 9.17) is 4.74 Å². The quantitative estimate of drug-likeness (QED) is 0.741. The summed E-state index contributed by atoms with van der Waals surface area (Å²) in [5, 5.41) is 0. The standard InChI is InChI=1S/C13H18O4S/c1-16-18(14,15)10-12-7-13(8-12)17-9-11-5-3-2-4-6-11/h2-6,12-13H,7-10H2,1H3. The van der Waals surface area contributed by atoms with E-state index in [2.05, 4.69) is 4.18 Å². The van der Waals surface area contributed by atoms with Crippen molar-refractivity contribution in [2.75, 3.05) is 12.9 Å². The van der Waals surface area contributed by atoms with Gasteiger partial charge in [-0.1, -0.05) is 30.3 Å². The molecule has 18 heavy (non-hydrogen) atoms. The average molecular weight is 270 g/mol. The van der Waals surface area contributed by atoms with Gasteiger partial charge in [0.15, 0.2) is 0 Å². The van der Waals surface area contributed by atoms with E-state index < -0.39 is 10.1 Å². The van der Waals surface area contributed by atoms with Crippen molar-refractivity contribution < 1.29 is 17.3 Å². The van der Waals surface area contributed by atoms with E-state index >= 15 is 0 Å². The Hall–Kier alpha value is -0.910.